The molecule has 0 saturated heterocycles. The van der Waals surface area contributed by atoms with Gasteiger partial charge in [0.2, 0.25) is 0 Å². The fraction of sp³-hybridized carbons (Fsp3) is 0.900. The van der Waals surface area contributed by atoms with Gasteiger partial charge in [-0.05, 0) is 18.8 Å². The SMILES string of the molecule is NC1NN=C(CCC2CCCCC2)S1. The molecule has 3 N–H and O–H groups in total. The van der Waals surface area contributed by atoms with E-state index in [0.717, 1.165) is 12.3 Å². The van der Waals surface area contributed by atoms with E-state index in [1.54, 1.807) is 11.8 Å². The average molecular weight is 213 g/mol. The number of nitrogens with zero attached hydrogens (tertiary/aromatic N) is 1. The summed E-state index contributed by atoms with van der Waals surface area (Å²) in [5, 5.41) is 5.40. The van der Waals surface area contributed by atoms with Gasteiger partial charge in [-0.25, -0.2) is 0 Å². The van der Waals surface area contributed by atoms with E-state index in [9.17, 15) is 0 Å². The normalized spacial score (nSPS) is 28.6. The van der Waals surface area contributed by atoms with Gasteiger partial charge in [0.1, 0.15) is 5.50 Å². The third kappa shape index (κ3) is 2.89. The molecule has 0 aromatic rings. The summed E-state index contributed by atoms with van der Waals surface area (Å²) in [4.78, 5) is 0. The average Bonchev–Trinajstić information content (AvgIpc) is 2.63. The fourth-order valence-electron chi connectivity index (χ4n) is 2.25. The van der Waals surface area contributed by atoms with Gasteiger partial charge in [0, 0.05) is 0 Å². The molecule has 1 heterocycles. The van der Waals surface area contributed by atoms with Crippen molar-refractivity contribution in [3.05, 3.63) is 0 Å². The van der Waals surface area contributed by atoms with Crippen LogP contribution in [0.2, 0.25) is 0 Å². The topological polar surface area (TPSA) is 50.4 Å². The second kappa shape index (κ2) is 5.03. The summed E-state index contributed by atoms with van der Waals surface area (Å²) in [6.07, 6.45) is 9.59. The maximum atomic E-state index is 5.67. The van der Waals surface area contributed by atoms with Gasteiger partial charge in [0.15, 0.2) is 0 Å². The molecule has 2 aliphatic rings. The summed E-state index contributed by atoms with van der Waals surface area (Å²) in [6.45, 7) is 0. The van der Waals surface area contributed by atoms with Crippen molar-refractivity contribution in [2.75, 3.05) is 0 Å². The van der Waals surface area contributed by atoms with E-state index in [0.29, 0.717) is 0 Å². The van der Waals surface area contributed by atoms with Crippen molar-refractivity contribution in [1.82, 2.24) is 5.43 Å². The predicted molar refractivity (Wildman–Crippen MR) is 61.9 cm³/mol. The molecular weight excluding hydrogens is 194 g/mol. The standard InChI is InChI=1S/C10H19N3S/c11-10-13-12-9(14-10)7-6-8-4-2-1-3-5-8/h8,10,13H,1-7,11H2. The van der Waals surface area contributed by atoms with Crippen LogP contribution in [0, 0.1) is 5.92 Å². The van der Waals surface area contributed by atoms with Gasteiger partial charge in [0.05, 0.1) is 5.04 Å². The lowest BCUT2D eigenvalue weighted by molar-refractivity contribution is 0.344. The molecule has 1 fully saturated rings. The number of nitrogens with one attached hydrogen (secondary N) is 1. The van der Waals surface area contributed by atoms with Crippen LogP contribution in [-0.4, -0.2) is 10.5 Å². The van der Waals surface area contributed by atoms with Crippen LogP contribution in [0.3, 0.4) is 0 Å². The quantitative estimate of drug-likeness (QED) is 0.756. The second-order valence-electron chi connectivity index (χ2n) is 4.22. The van der Waals surface area contributed by atoms with Crippen LogP contribution < -0.4 is 11.2 Å². The first kappa shape index (κ1) is 10.3. The zero-order valence-corrected chi connectivity index (χ0v) is 9.35. The zero-order valence-electron chi connectivity index (χ0n) is 8.54. The van der Waals surface area contributed by atoms with Gasteiger partial charge in [-0.1, -0.05) is 43.9 Å². The Labute approximate surface area is 89.9 Å². The fourth-order valence-corrected chi connectivity index (χ4v) is 2.99. The summed E-state index contributed by atoms with van der Waals surface area (Å²) >= 11 is 1.67. The Morgan fingerprint density at radius 3 is 2.79 bits per heavy atom. The monoisotopic (exact) mass is 213 g/mol. The van der Waals surface area contributed by atoms with Gasteiger partial charge in [-0.2, -0.15) is 5.10 Å². The molecule has 4 heteroatoms. The molecule has 1 unspecified atom stereocenters. The minimum Gasteiger partial charge on any atom is -0.301 e. The Hall–Kier alpha value is -0.220. The first-order valence-corrected chi connectivity index (χ1v) is 6.47. The highest BCUT2D eigenvalue weighted by Crippen LogP contribution is 2.29. The maximum Gasteiger partial charge on any atom is 0.144 e. The Balaban J connectivity index is 1.66. The first-order valence-electron chi connectivity index (χ1n) is 5.59. The largest absolute Gasteiger partial charge is 0.301 e. The molecule has 0 spiro atoms. The Bertz CT molecular complexity index is 211. The Morgan fingerprint density at radius 1 is 1.36 bits per heavy atom. The van der Waals surface area contributed by atoms with Crippen LogP contribution in [0.15, 0.2) is 5.10 Å². The molecule has 14 heavy (non-hydrogen) atoms. The van der Waals surface area contributed by atoms with Crippen LogP contribution in [-0.2, 0) is 0 Å². The molecule has 1 aliphatic carbocycles. The number of thioether (sulfide) groups is 1. The van der Waals surface area contributed by atoms with Crippen molar-refractivity contribution in [1.29, 1.82) is 0 Å². The summed E-state index contributed by atoms with van der Waals surface area (Å²) in [5.41, 5.74) is 8.55. The summed E-state index contributed by atoms with van der Waals surface area (Å²) in [7, 11) is 0. The molecule has 1 aliphatic heterocycles. The van der Waals surface area contributed by atoms with E-state index in [1.807, 2.05) is 0 Å². The number of hydrogen-bond donors (Lipinski definition) is 2. The van der Waals surface area contributed by atoms with Crippen LogP contribution in [0.4, 0.5) is 0 Å². The van der Waals surface area contributed by atoms with E-state index in [-0.39, 0.29) is 5.50 Å². The lowest BCUT2D eigenvalue weighted by atomic mass is 9.86. The van der Waals surface area contributed by atoms with Gasteiger partial charge < -0.3 is 5.73 Å². The van der Waals surface area contributed by atoms with E-state index in [1.165, 1.54) is 43.6 Å². The second-order valence-corrected chi connectivity index (χ2v) is 5.43. The third-order valence-electron chi connectivity index (χ3n) is 3.07. The molecule has 2 rings (SSSR count). The molecule has 1 saturated carbocycles. The number of hydrazone groups is 1. The minimum atomic E-state index is -0.00337. The molecular formula is C10H19N3S. The molecule has 0 radical (unpaired) electrons. The van der Waals surface area contributed by atoms with E-state index >= 15 is 0 Å². The van der Waals surface area contributed by atoms with Gasteiger partial charge in [-0.3, -0.25) is 5.43 Å². The van der Waals surface area contributed by atoms with E-state index in [4.69, 9.17) is 5.73 Å². The minimum absolute atomic E-state index is 0.00337. The lowest BCUT2D eigenvalue weighted by Crippen LogP contribution is -2.25. The zero-order chi connectivity index (χ0) is 9.80. The van der Waals surface area contributed by atoms with Gasteiger partial charge in [-0.15, -0.1) is 0 Å². The van der Waals surface area contributed by atoms with Crippen LogP contribution >= 0.6 is 11.8 Å². The Kier molecular flexibility index (Phi) is 3.70. The van der Waals surface area contributed by atoms with Crippen molar-refractivity contribution in [2.45, 2.75) is 50.4 Å². The van der Waals surface area contributed by atoms with Crippen molar-refractivity contribution >= 4 is 16.8 Å². The van der Waals surface area contributed by atoms with E-state index in [2.05, 4.69) is 10.5 Å². The highest BCUT2D eigenvalue weighted by atomic mass is 32.2. The predicted octanol–water partition coefficient (Wildman–Crippen LogP) is 2.24. The van der Waals surface area contributed by atoms with Crippen molar-refractivity contribution < 1.29 is 0 Å². The summed E-state index contributed by atoms with van der Waals surface area (Å²) in [5.74, 6) is 0.948. The van der Waals surface area contributed by atoms with Crippen LogP contribution in [0.5, 0.6) is 0 Å². The van der Waals surface area contributed by atoms with Crippen LogP contribution in [0.25, 0.3) is 0 Å². The molecule has 0 amide bonds. The molecule has 3 nitrogen and oxygen atoms in total. The highest BCUT2D eigenvalue weighted by Gasteiger charge is 2.18. The Morgan fingerprint density at radius 2 is 2.14 bits per heavy atom. The highest BCUT2D eigenvalue weighted by molar-refractivity contribution is 8.14. The molecule has 1 atom stereocenters. The summed E-state index contributed by atoms with van der Waals surface area (Å²) < 4.78 is 0. The molecule has 0 aromatic carbocycles. The van der Waals surface area contributed by atoms with Gasteiger partial charge >= 0.3 is 0 Å². The van der Waals surface area contributed by atoms with E-state index < -0.39 is 0 Å². The first-order chi connectivity index (χ1) is 6.84. The van der Waals surface area contributed by atoms with Gasteiger partial charge in [0.25, 0.3) is 0 Å². The van der Waals surface area contributed by atoms with Crippen molar-refractivity contribution in [3.8, 4) is 0 Å². The maximum absolute atomic E-state index is 5.67. The smallest absolute Gasteiger partial charge is 0.144 e. The van der Waals surface area contributed by atoms with Crippen molar-refractivity contribution in [2.24, 2.45) is 16.8 Å². The number of rotatable bonds is 3. The molecule has 0 aromatic heterocycles. The van der Waals surface area contributed by atoms with Crippen molar-refractivity contribution in [3.63, 3.8) is 0 Å². The number of nitrogens with two attached hydrogens (primary N) is 1. The summed E-state index contributed by atoms with van der Waals surface area (Å²) in [6, 6.07) is 0. The molecule has 80 valence electrons. The lowest BCUT2D eigenvalue weighted by Gasteiger charge is -2.20. The molecule has 0 bridgehead atoms. The van der Waals surface area contributed by atoms with Crippen LogP contribution in [0.1, 0.15) is 44.9 Å². The number of hydrogen-bond acceptors (Lipinski definition) is 4. The third-order valence-corrected chi connectivity index (χ3v) is 4.00.